The Morgan fingerprint density at radius 3 is 2.72 bits per heavy atom. The van der Waals surface area contributed by atoms with E-state index in [1.54, 1.807) is 7.05 Å². The lowest BCUT2D eigenvalue weighted by Gasteiger charge is -2.21. The number of rotatable bonds is 3. The van der Waals surface area contributed by atoms with Gasteiger partial charge in [0.25, 0.3) is 5.56 Å². The van der Waals surface area contributed by atoms with E-state index in [9.17, 15) is 9.59 Å². The van der Waals surface area contributed by atoms with Gasteiger partial charge in [-0.1, -0.05) is 23.2 Å². The molecule has 1 saturated carbocycles. The summed E-state index contributed by atoms with van der Waals surface area (Å²) in [5.41, 5.74) is 1.66. The molecule has 1 fully saturated rings. The maximum absolute atomic E-state index is 12.5. The predicted octanol–water partition coefficient (Wildman–Crippen LogP) is 1.11. The van der Waals surface area contributed by atoms with Gasteiger partial charge in [0.05, 0.1) is 17.4 Å². The van der Waals surface area contributed by atoms with Crippen LogP contribution < -0.4 is 11.2 Å². The number of aryl methyl sites for hydroxylation is 2. The number of hydrogen-bond donors (Lipinski definition) is 0. The topological polar surface area (TPSA) is 114 Å². The van der Waals surface area contributed by atoms with Gasteiger partial charge >= 0.3 is 5.69 Å². The van der Waals surface area contributed by atoms with E-state index in [1.165, 1.54) is 36.3 Å². The molecule has 0 saturated heterocycles. The van der Waals surface area contributed by atoms with Crippen molar-refractivity contribution in [3.8, 4) is 11.4 Å². The first kappa shape index (κ1) is 18.0. The van der Waals surface area contributed by atoms with Crippen LogP contribution in [0.5, 0.6) is 0 Å². The van der Waals surface area contributed by atoms with Crippen LogP contribution in [0.1, 0.15) is 61.3 Å². The summed E-state index contributed by atoms with van der Waals surface area (Å²) < 4.78 is 10.0. The molecule has 0 radical (unpaired) electrons. The predicted molar refractivity (Wildman–Crippen MR) is 103 cm³/mol. The lowest BCUT2D eigenvalue weighted by molar-refractivity contribution is 0.334. The fraction of sp³-hybridized carbons (Fsp3) is 0.579. The third-order valence-electron chi connectivity index (χ3n) is 6.19. The van der Waals surface area contributed by atoms with Gasteiger partial charge in [0.15, 0.2) is 0 Å². The van der Waals surface area contributed by atoms with Gasteiger partial charge in [-0.15, -0.1) is 5.10 Å². The zero-order valence-corrected chi connectivity index (χ0v) is 16.5. The largest absolute Gasteiger partial charge is 0.339 e. The highest BCUT2D eigenvalue weighted by atomic mass is 16.5. The van der Waals surface area contributed by atoms with Crippen molar-refractivity contribution >= 4 is 0 Å². The summed E-state index contributed by atoms with van der Waals surface area (Å²) in [7, 11) is 3.03. The summed E-state index contributed by atoms with van der Waals surface area (Å²) in [6.07, 6.45) is 8.68. The fourth-order valence-corrected chi connectivity index (χ4v) is 4.52. The van der Waals surface area contributed by atoms with Crippen LogP contribution in [0.4, 0.5) is 0 Å². The molecule has 5 rings (SSSR count). The van der Waals surface area contributed by atoms with Gasteiger partial charge in [0, 0.05) is 32.6 Å². The molecule has 0 bridgehead atoms. The molecule has 3 aromatic heterocycles. The smallest absolute Gasteiger partial charge is 0.330 e. The third kappa shape index (κ3) is 2.93. The van der Waals surface area contributed by atoms with Crippen molar-refractivity contribution in [3.63, 3.8) is 0 Å². The van der Waals surface area contributed by atoms with Crippen molar-refractivity contribution in [2.45, 2.75) is 56.9 Å². The van der Waals surface area contributed by atoms with Crippen molar-refractivity contribution in [2.24, 2.45) is 14.1 Å². The molecule has 0 N–H and O–H groups in total. The molecule has 0 spiro atoms. The zero-order valence-electron chi connectivity index (χ0n) is 16.5. The Labute approximate surface area is 166 Å². The Hall–Kier alpha value is -3.04. The van der Waals surface area contributed by atoms with Crippen LogP contribution in [0.2, 0.25) is 0 Å². The SMILES string of the molecule is Cn1cc(-c2noc(C3CCc4nnn(C5CCCC5)c4C3)n2)c(=O)n(C)c1=O. The van der Waals surface area contributed by atoms with Crippen molar-refractivity contribution in [2.75, 3.05) is 0 Å². The first-order valence-corrected chi connectivity index (χ1v) is 10.1. The molecular weight excluding hydrogens is 374 g/mol. The third-order valence-corrected chi connectivity index (χ3v) is 6.19. The Kier molecular flexibility index (Phi) is 4.21. The van der Waals surface area contributed by atoms with E-state index < -0.39 is 11.2 Å². The molecule has 10 nitrogen and oxygen atoms in total. The molecule has 1 atom stereocenters. The number of nitrogens with zero attached hydrogens (tertiary/aromatic N) is 7. The number of fused-ring (bicyclic) bond motifs is 1. The normalized spacial score (nSPS) is 19.6. The van der Waals surface area contributed by atoms with Gasteiger partial charge in [0.2, 0.25) is 11.7 Å². The van der Waals surface area contributed by atoms with E-state index in [4.69, 9.17) is 4.52 Å². The van der Waals surface area contributed by atoms with Crippen LogP contribution in [0.15, 0.2) is 20.3 Å². The molecule has 152 valence electrons. The van der Waals surface area contributed by atoms with Crippen LogP contribution in [0.3, 0.4) is 0 Å². The number of aromatic nitrogens is 7. The maximum atomic E-state index is 12.5. The van der Waals surface area contributed by atoms with Gasteiger partial charge in [-0.2, -0.15) is 4.98 Å². The van der Waals surface area contributed by atoms with E-state index in [0.29, 0.717) is 11.9 Å². The van der Waals surface area contributed by atoms with Gasteiger partial charge in [-0.3, -0.25) is 9.36 Å². The van der Waals surface area contributed by atoms with E-state index in [2.05, 4.69) is 25.1 Å². The highest BCUT2D eigenvalue weighted by molar-refractivity contribution is 5.51. The Balaban J connectivity index is 1.45. The van der Waals surface area contributed by atoms with E-state index >= 15 is 0 Å². The van der Waals surface area contributed by atoms with Crippen molar-refractivity contribution in [1.29, 1.82) is 0 Å². The van der Waals surface area contributed by atoms with Crippen molar-refractivity contribution in [3.05, 3.63) is 44.3 Å². The summed E-state index contributed by atoms with van der Waals surface area (Å²) in [4.78, 5) is 28.9. The molecule has 0 aliphatic heterocycles. The minimum Gasteiger partial charge on any atom is -0.339 e. The molecule has 2 aliphatic rings. The minimum absolute atomic E-state index is 0.0683. The Morgan fingerprint density at radius 2 is 1.93 bits per heavy atom. The monoisotopic (exact) mass is 397 g/mol. The van der Waals surface area contributed by atoms with Crippen molar-refractivity contribution < 1.29 is 4.52 Å². The molecule has 3 aromatic rings. The molecular formula is C19H23N7O3. The molecule has 2 aliphatic carbocycles. The summed E-state index contributed by atoms with van der Waals surface area (Å²) in [6, 6.07) is 0.442. The summed E-state index contributed by atoms with van der Waals surface area (Å²) >= 11 is 0. The van der Waals surface area contributed by atoms with Crippen LogP contribution in [0.25, 0.3) is 11.4 Å². The quantitative estimate of drug-likeness (QED) is 0.650. The Bertz CT molecular complexity index is 1180. The average Bonchev–Trinajstić information content (AvgIpc) is 3.48. The van der Waals surface area contributed by atoms with Gasteiger partial charge in [-0.25, -0.2) is 9.48 Å². The standard InChI is InChI=1S/C19H23N7O3/c1-24-10-13(18(27)25(2)19(24)28)16-20-17(29-22-16)11-7-8-14-15(9-11)26(23-21-14)12-5-3-4-6-12/h10-12H,3-9H2,1-2H3. The molecule has 3 heterocycles. The van der Waals surface area contributed by atoms with Gasteiger partial charge in [-0.05, 0) is 25.7 Å². The van der Waals surface area contributed by atoms with E-state index in [0.717, 1.165) is 42.4 Å². The van der Waals surface area contributed by atoms with Crippen LogP contribution >= 0.6 is 0 Å². The van der Waals surface area contributed by atoms with Gasteiger partial charge < -0.3 is 9.09 Å². The molecule has 10 heteroatoms. The van der Waals surface area contributed by atoms with Crippen LogP contribution in [0, 0.1) is 0 Å². The van der Waals surface area contributed by atoms with Gasteiger partial charge in [0.1, 0.15) is 5.56 Å². The Morgan fingerprint density at radius 1 is 1.14 bits per heavy atom. The molecule has 1 unspecified atom stereocenters. The van der Waals surface area contributed by atoms with E-state index in [-0.39, 0.29) is 17.3 Å². The second-order valence-corrected chi connectivity index (χ2v) is 8.06. The second kappa shape index (κ2) is 6.78. The average molecular weight is 397 g/mol. The minimum atomic E-state index is -0.435. The van der Waals surface area contributed by atoms with Crippen LogP contribution in [-0.4, -0.2) is 34.3 Å². The fourth-order valence-electron chi connectivity index (χ4n) is 4.52. The van der Waals surface area contributed by atoms with E-state index in [1.807, 2.05) is 0 Å². The maximum Gasteiger partial charge on any atom is 0.330 e. The molecule has 0 aromatic carbocycles. The lowest BCUT2D eigenvalue weighted by Crippen LogP contribution is -2.37. The second-order valence-electron chi connectivity index (χ2n) is 8.06. The molecule has 29 heavy (non-hydrogen) atoms. The number of hydrogen-bond acceptors (Lipinski definition) is 7. The lowest BCUT2D eigenvalue weighted by atomic mass is 9.89. The first-order chi connectivity index (χ1) is 14.0. The van der Waals surface area contributed by atoms with Crippen LogP contribution in [-0.2, 0) is 26.9 Å². The highest BCUT2D eigenvalue weighted by Crippen LogP contribution is 2.36. The summed E-state index contributed by atoms with van der Waals surface area (Å²) in [5.74, 6) is 0.795. The highest BCUT2D eigenvalue weighted by Gasteiger charge is 2.32. The van der Waals surface area contributed by atoms with Crippen molar-refractivity contribution in [1.82, 2.24) is 34.3 Å². The zero-order chi connectivity index (χ0) is 20.1. The summed E-state index contributed by atoms with van der Waals surface area (Å²) in [5, 5.41) is 12.8. The molecule has 0 amide bonds. The summed E-state index contributed by atoms with van der Waals surface area (Å²) in [6.45, 7) is 0. The first-order valence-electron chi connectivity index (χ1n) is 10.1.